The predicted molar refractivity (Wildman–Crippen MR) is 69.8 cm³/mol. The lowest BCUT2D eigenvalue weighted by atomic mass is 10.0. The second kappa shape index (κ2) is 4.52. The fourth-order valence-corrected chi connectivity index (χ4v) is 4.47. The smallest absolute Gasteiger partial charge is 0.223 e. The first-order valence-electron chi connectivity index (χ1n) is 7.59. The fraction of sp³-hybridized carbons (Fsp3) is 0.933. The van der Waals surface area contributed by atoms with Gasteiger partial charge in [0.2, 0.25) is 5.91 Å². The minimum atomic E-state index is -0.394. The minimum Gasteiger partial charge on any atom is -0.391 e. The lowest BCUT2D eigenvalue weighted by Gasteiger charge is -2.18. The van der Waals surface area contributed by atoms with Gasteiger partial charge in [0.15, 0.2) is 0 Å². The van der Waals surface area contributed by atoms with E-state index in [0.717, 1.165) is 18.3 Å². The van der Waals surface area contributed by atoms with E-state index in [1.54, 1.807) is 0 Å². The molecule has 6 atom stereocenters. The standard InChI is InChI=1S/C15H25NO2/c1-3-8(2)11(17)7-16-15(18)14-12-9-4-5-10(6-9)13(12)14/h8-14,17H,3-7H2,1-2H3,(H,16,18). The number of carbonyl (C=O) groups excluding carboxylic acids is 1. The van der Waals surface area contributed by atoms with Gasteiger partial charge in [-0.25, -0.2) is 0 Å². The topological polar surface area (TPSA) is 49.3 Å². The molecular formula is C15H25NO2. The molecule has 18 heavy (non-hydrogen) atoms. The van der Waals surface area contributed by atoms with E-state index in [4.69, 9.17) is 0 Å². The van der Waals surface area contributed by atoms with Gasteiger partial charge in [0, 0.05) is 12.5 Å². The Hall–Kier alpha value is -0.570. The Morgan fingerprint density at radius 3 is 2.50 bits per heavy atom. The zero-order valence-electron chi connectivity index (χ0n) is 11.4. The molecule has 2 N–H and O–H groups in total. The second-order valence-electron chi connectivity index (χ2n) is 6.71. The Balaban J connectivity index is 1.47. The van der Waals surface area contributed by atoms with Gasteiger partial charge in [0.1, 0.15) is 0 Å². The summed E-state index contributed by atoms with van der Waals surface area (Å²) in [6.45, 7) is 4.53. The Morgan fingerprint density at radius 1 is 1.33 bits per heavy atom. The molecule has 3 fully saturated rings. The van der Waals surface area contributed by atoms with Crippen LogP contribution in [0.2, 0.25) is 0 Å². The van der Waals surface area contributed by atoms with Gasteiger partial charge in [-0.2, -0.15) is 0 Å². The van der Waals surface area contributed by atoms with E-state index in [2.05, 4.69) is 12.2 Å². The van der Waals surface area contributed by atoms with Crippen molar-refractivity contribution >= 4 is 5.91 Å². The maximum atomic E-state index is 12.1. The molecule has 3 nitrogen and oxygen atoms in total. The van der Waals surface area contributed by atoms with Crippen LogP contribution in [-0.4, -0.2) is 23.7 Å². The van der Waals surface area contributed by atoms with Crippen molar-refractivity contribution in [2.45, 2.75) is 45.6 Å². The molecule has 0 saturated heterocycles. The SMILES string of the molecule is CCC(C)C(O)CNC(=O)C1C2C3CCC(C3)C12. The van der Waals surface area contributed by atoms with E-state index in [0.29, 0.717) is 24.3 Å². The molecular weight excluding hydrogens is 226 g/mol. The van der Waals surface area contributed by atoms with Crippen LogP contribution in [0.4, 0.5) is 0 Å². The highest BCUT2D eigenvalue weighted by Gasteiger charge is 2.67. The summed E-state index contributed by atoms with van der Waals surface area (Å²) >= 11 is 0. The zero-order chi connectivity index (χ0) is 12.9. The quantitative estimate of drug-likeness (QED) is 0.783. The molecule has 3 heteroatoms. The highest BCUT2D eigenvalue weighted by molar-refractivity contribution is 5.82. The molecule has 3 aliphatic rings. The zero-order valence-corrected chi connectivity index (χ0v) is 11.4. The second-order valence-corrected chi connectivity index (χ2v) is 6.71. The predicted octanol–water partition coefficient (Wildman–Crippen LogP) is 1.80. The number of aliphatic hydroxyl groups excluding tert-OH is 1. The Kier molecular flexibility index (Phi) is 3.13. The van der Waals surface area contributed by atoms with Gasteiger partial charge < -0.3 is 10.4 Å². The molecule has 0 aliphatic heterocycles. The Labute approximate surface area is 109 Å². The summed E-state index contributed by atoms with van der Waals surface area (Å²) in [5, 5.41) is 12.8. The van der Waals surface area contributed by atoms with Crippen molar-refractivity contribution in [2.75, 3.05) is 6.54 Å². The molecule has 0 heterocycles. The van der Waals surface area contributed by atoms with Crippen molar-refractivity contribution in [3.05, 3.63) is 0 Å². The third-order valence-electron chi connectivity index (χ3n) is 5.82. The lowest BCUT2D eigenvalue weighted by molar-refractivity contribution is -0.123. The van der Waals surface area contributed by atoms with Crippen molar-refractivity contribution in [2.24, 2.45) is 35.5 Å². The molecule has 102 valence electrons. The first kappa shape index (κ1) is 12.5. The summed E-state index contributed by atoms with van der Waals surface area (Å²) in [5.41, 5.74) is 0. The number of fused-ring (bicyclic) bond motifs is 5. The number of amides is 1. The Bertz CT molecular complexity index is 327. The Morgan fingerprint density at radius 2 is 1.94 bits per heavy atom. The van der Waals surface area contributed by atoms with Crippen LogP contribution in [0.15, 0.2) is 0 Å². The van der Waals surface area contributed by atoms with Crippen molar-refractivity contribution in [1.82, 2.24) is 5.32 Å². The molecule has 0 aromatic carbocycles. The number of nitrogens with one attached hydrogen (secondary N) is 1. The van der Waals surface area contributed by atoms with E-state index >= 15 is 0 Å². The molecule has 1 amide bonds. The van der Waals surface area contributed by atoms with Crippen LogP contribution >= 0.6 is 0 Å². The van der Waals surface area contributed by atoms with Crippen molar-refractivity contribution in [1.29, 1.82) is 0 Å². The molecule has 3 saturated carbocycles. The van der Waals surface area contributed by atoms with Gasteiger partial charge in [-0.3, -0.25) is 4.79 Å². The van der Waals surface area contributed by atoms with Gasteiger partial charge in [0.05, 0.1) is 6.10 Å². The molecule has 3 aliphatic carbocycles. The summed E-state index contributed by atoms with van der Waals surface area (Å²) in [6.07, 6.45) is 4.65. The van der Waals surface area contributed by atoms with Crippen LogP contribution in [0.3, 0.4) is 0 Å². The molecule has 0 aromatic rings. The highest BCUT2D eigenvalue weighted by atomic mass is 16.3. The maximum Gasteiger partial charge on any atom is 0.223 e. The third kappa shape index (κ3) is 1.87. The largest absolute Gasteiger partial charge is 0.391 e. The average Bonchev–Trinajstić information content (AvgIpc) is 2.83. The molecule has 3 rings (SSSR count). The van der Waals surface area contributed by atoms with Gasteiger partial charge in [-0.15, -0.1) is 0 Å². The van der Waals surface area contributed by atoms with Gasteiger partial charge in [-0.05, 0) is 48.9 Å². The van der Waals surface area contributed by atoms with Crippen LogP contribution < -0.4 is 5.32 Å². The van der Waals surface area contributed by atoms with Crippen LogP contribution in [0, 0.1) is 35.5 Å². The molecule has 0 spiro atoms. The fourth-order valence-electron chi connectivity index (χ4n) is 4.47. The van der Waals surface area contributed by atoms with Crippen molar-refractivity contribution < 1.29 is 9.90 Å². The summed E-state index contributed by atoms with van der Waals surface area (Å²) in [4.78, 5) is 12.1. The minimum absolute atomic E-state index is 0.212. The van der Waals surface area contributed by atoms with Crippen LogP contribution in [0.5, 0.6) is 0 Å². The first-order valence-corrected chi connectivity index (χ1v) is 7.59. The van der Waals surface area contributed by atoms with E-state index < -0.39 is 6.10 Å². The molecule has 2 bridgehead atoms. The lowest BCUT2D eigenvalue weighted by Crippen LogP contribution is -2.37. The number of rotatable bonds is 5. The van der Waals surface area contributed by atoms with Gasteiger partial charge in [0.25, 0.3) is 0 Å². The van der Waals surface area contributed by atoms with E-state index in [-0.39, 0.29) is 11.8 Å². The number of aliphatic hydroxyl groups is 1. The monoisotopic (exact) mass is 251 g/mol. The van der Waals surface area contributed by atoms with E-state index in [1.165, 1.54) is 19.3 Å². The molecule has 6 unspecified atom stereocenters. The molecule has 0 radical (unpaired) electrons. The number of hydrogen-bond donors (Lipinski definition) is 2. The van der Waals surface area contributed by atoms with Crippen molar-refractivity contribution in [3.63, 3.8) is 0 Å². The molecule has 0 aromatic heterocycles. The third-order valence-corrected chi connectivity index (χ3v) is 5.82. The van der Waals surface area contributed by atoms with Crippen LogP contribution in [-0.2, 0) is 4.79 Å². The van der Waals surface area contributed by atoms with Crippen molar-refractivity contribution in [3.8, 4) is 0 Å². The highest BCUT2D eigenvalue weighted by Crippen LogP contribution is 2.69. The normalized spacial score (nSPS) is 43.4. The maximum absolute atomic E-state index is 12.1. The summed E-state index contributed by atoms with van der Waals surface area (Å²) in [7, 11) is 0. The van der Waals surface area contributed by atoms with Gasteiger partial charge >= 0.3 is 0 Å². The van der Waals surface area contributed by atoms with Crippen LogP contribution in [0.1, 0.15) is 39.5 Å². The average molecular weight is 251 g/mol. The summed E-state index contributed by atoms with van der Waals surface area (Å²) in [5.74, 6) is 3.85. The summed E-state index contributed by atoms with van der Waals surface area (Å²) < 4.78 is 0. The van der Waals surface area contributed by atoms with Gasteiger partial charge in [-0.1, -0.05) is 20.3 Å². The number of carbonyl (C=O) groups is 1. The first-order chi connectivity index (χ1) is 8.63. The van der Waals surface area contributed by atoms with E-state index in [1.807, 2.05) is 6.92 Å². The number of hydrogen-bond acceptors (Lipinski definition) is 2. The van der Waals surface area contributed by atoms with Crippen LogP contribution in [0.25, 0.3) is 0 Å². The summed E-state index contributed by atoms with van der Waals surface area (Å²) in [6, 6.07) is 0. The van der Waals surface area contributed by atoms with E-state index in [9.17, 15) is 9.90 Å².